The molecule has 0 aromatic rings. The van der Waals surface area contributed by atoms with Gasteiger partial charge in [-0.1, -0.05) is 19.8 Å². The number of nitrogens with zero attached hydrogens (tertiary/aromatic N) is 1. The van der Waals surface area contributed by atoms with E-state index in [4.69, 9.17) is 11.5 Å². The Morgan fingerprint density at radius 2 is 2.00 bits per heavy atom. The molecule has 2 fully saturated rings. The molecule has 1 saturated heterocycles. The highest BCUT2D eigenvalue weighted by Crippen LogP contribution is 2.39. The van der Waals surface area contributed by atoms with E-state index in [0.29, 0.717) is 18.5 Å². The van der Waals surface area contributed by atoms with Crippen LogP contribution in [0.15, 0.2) is 0 Å². The van der Waals surface area contributed by atoms with E-state index in [-0.39, 0.29) is 5.91 Å². The van der Waals surface area contributed by atoms with E-state index in [2.05, 4.69) is 11.8 Å². The maximum Gasteiger partial charge on any atom is 0.239 e. The average molecular weight is 253 g/mol. The van der Waals surface area contributed by atoms with E-state index in [1.165, 1.54) is 25.7 Å². The summed E-state index contributed by atoms with van der Waals surface area (Å²) in [4.78, 5) is 14.2. The molecule has 4 N–H and O–H groups in total. The molecule has 104 valence electrons. The van der Waals surface area contributed by atoms with Gasteiger partial charge in [0.25, 0.3) is 0 Å². The molecule has 1 aliphatic carbocycles. The molecule has 1 saturated carbocycles. The molecule has 0 bridgehead atoms. The van der Waals surface area contributed by atoms with E-state index in [9.17, 15) is 4.79 Å². The van der Waals surface area contributed by atoms with Crippen molar-refractivity contribution in [2.45, 2.75) is 63.5 Å². The van der Waals surface area contributed by atoms with Gasteiger partial charge in [0.15, 0.2) is 0 Å². The number of hydrogen-bond acceptors (Lipinski definition) is 3. The first-order valence-electron chi connectivity index (χ1n) is 7.40. The van der Waals surface area contributed by atoms with Crippen molar-refractivity contribution in [1.82, 2.24) is 4.90 Å². The van der Waals surface area contributed by atoms with Gasteiger partial charge in [-0.15, -0.1) is 0 Å². The van der Waals surface area contributed by atoms with Gasteiger partial charge in [-0.3, -0.25) is 9.69 Å². The van der Waals surface area contributed by atoms with Crippen LogP contribution in [0, 0.1) is 5.92 Å². The number of amides is 1. The average Bonchev–Trinajstić information content (AvgIpc) is 3.16. The lowest BCUT2D eigenvalue weighted by molar-refractivity contribution is -0.125. The molecule has 1 heterocycles. The van der Waals surface area contributed by atoms with Crippen LogP contribution in [0.2, 0.25) is 0 Å². The fourth-order valence-corrected chi connectivity index (χ4v) is 3.25. The molecule has 0 spiro atoms. The van der Waals surface area contributed by atoms with Gasteiger partial charge in [-0.05, 0) is 44.6 Å². The summed E-state index contributed by atoms with van der Waals surface area (Å²) in [5, 5.41) is 0. The van der Waals surface area contributed by atoms with Crippen molar-refractivity contribution in [3.63, 3.8) is 0 Å². The Balaban J connectivity index is 2.06. The van der Waals surface area contributed by atoms with Crippen LogP contribution in [0.3, 0.4) is 0 Å². The monoisotopic (exact) mass is 253 g/mol. The van der Waals surface area contributed by atoms with Gasteiger partial charge in [0.05, 0.1) is 0 Å². The third-order valence-electron chi connectivity index (χ3n) is 4.70. The van der Waals surface area contributed by atoms with Crippen molar-refractivity contribution in [3.8, 4) is 0 Å². The predicted molar refractivity (Wildman–Crippen MR) is 73.0 cm³/mol. The molecule has 2 atom stereocenters. The molecule has 1 amide bonds. The molecular formula is C14H27N3O. The number of rotatable bonds is 5. The third-order valence-corrected chi connectivity index (χ3v) is 4.70. The number of hydrogen-bond donors (Lipinski definition) is 2. The second-order valence-electron chi connectivity index (χ2n) is 6.06. The minimum atomic E-state index is -0.794. The largest absolute Gasteiger partial charge is 0.368 e. The summed E-state index contributed by atoms with van der Waals surface area (Å²) in [7, 11) is 0. The second-order valence-corrected chi connectivity index (χ2v) is 6.06. The Hall–Kier alpha value is -0.610. The van der Waals surface area contributed by atoms with Crippen LogP contribution in [0.25, 0.3) is 0 Å². The first kappa shape index (κ1) is 13.8. The SMILES string of the molecule is CCC1CCCCCN1CC(N)(C(N)=O)C1CC1. The molecule has 4 heteroatoms. The second kappa shape index (κ2) is 5.57. The van der Waals surface area contributed by atoms with Gasteiger partial charge < -0.3 is 11.5 Å². The lowest BCUT2D eigenvalue weighted by Crippen LogP contribution is -2.61. The molecule has 18 heavy (non-hydrogen) atoms. The minimum absolute atomic E-state index is 0.316. The van der Waals surface area contributed by atoms with Gasteiger partial charge in [0.1, 0.15) is 5.54 Å². The number of carbonyl (C=O) groups is 1. The lowest BCUT2D eigenvalue weighted by atomic mass is 9.91. The van der Waals surface area contributed by atoms with Crippen molar-refractivity contribution in [1.29, 1.82) is 0 Å². The Kier molecular flexibility index (Phi) is 4.28. The predicted octanol–water partition coefficient (Wildman–Crippen LogP) is 1.23. The number of nitrogens with two attached hydrogens (primary N) is 2. The van der Waals surface area contributed by atoms with Crippen LogP contribution < -0.4 is 11.5 Å². The molecule has 2 rings (SSSR count). The third kappa shape index (κ3) is 2.86. The Morgan fingerprint density at radius 3 is 2.56 bits per heavy atom. The van der Waals surface area contributed by atoms with E-state index < -0.39 is 5.54 Å². The molecule has 0 aromatic heterocycles. The zero-order valence-electron chi connectivity index (χ0n) is 11.5. The van der Waals surface area contributed by atoms with E-state index in [0.717, 1.165) is 25.8 Å². The summed E-state index contributed by atoms with van der Waals surface area (Å²) in [6.45, 7) is 3.95. The summed E-state index contributed by atoms with van der Waals surface area (Å²) in [5.74, 6) is -0.000130. The van der Waals surface area contributed by atoms with Gasteiger partial charge in [0.2, 0.25) is 5.91 Å². The van der Waals surface area contributed by atoms with Crippen LogP contribution in [-0.4, -0.2) is 35.5 Å². The van der Waals surface area contributed by atoms with Crippen LogP contribution in [-0.2, 0) is 4.79 Å². The van der Waals surface area contributed by atoms with Crippen molar-refractivity contribution in [2.24, 2.45) is 17.4 Å². The van der Waals surface area contributed by atoms with Crippen LogP contribution >= 0.6 is 0 Å². The molecule has 0 radical (unpaired) electrons. The highest BCUT2D eigenvalue weighted by atomic mass is 16.1. The van der Waals surface area contributed by atoms with Crippen LogP contribution in [0.1, 0.15) is 51.9 Å². The Morgan fingerprint density at radius 1 is 1.28 bits per heavy atom. The van der Waals surface area contributed by atoms with Crippen molar-refractivity contribution in [2.75, 3.05) is 13.1 Å². The van der Waals surface area contributed by atoms with Crippen molar-refractivity contribution in [3.05, 3.63) is 0 Å². The summed E-state index contributed by atoms with van der Waals surface area (Å²) in [6, 6.07) is 0.577. The molecule has 2 unspecified atom stereocenters. The van der Waals surface area contributed by atoms with E-state index in [1.54, 1.807) is 0 Å². The fourth-order valence-electron chi connectivity index (χ4n) is 3.25. The number of carbonyl (C=O) groups excluding carboxylic acids is 1. The maximum absolute atomic E-state index is 11.7. The van der Waals surface area contributed by atoms with E-state index in [1.807, 2.05) is 0 Å². The molecule has 4 nitrogen and oxygen atoms in total. The van der Waals surface area contributed by atoms with Gasteiger partial charge in [-0.25, -0.2) is 0 Å². The topological polar surface area (TPSA) is 72.3 Å². The van der Waals surface area contributed by atoms with E-state index >= 15 is 0 Å². The lowest BCUT2D eigenvalue weighted by Gasteiger charge is -2.37. The fraction of sp³-hybridized carbons (Fsp3) is 0.929. The molecule has 1 aliphatic heterocycles. The van der Waals surface area contributed by atoms with Gasteiger partial charge in [-0.2, -0.15) is 0 Å². The number of likely N-dealkylation sites (tertiary alicyclic amines) is 1. The first-order valence-corrected chi connectivity index (χ1v) is 7.40. The van der Waals surface area contributed by atoms with Gasteiger partial charge >= 0.3 is 0 Å². The highest BCUT2D eigenvalue weighted by molar-refractivity contribution is 5.85. The summed E-state index contributed by atoms with van der Waals surface area (Å²) in [5.41, 5.74) is 11.1. The molecule has 2 aliphatic rings. The van der Waals surface area contributed by atoms with Crippen LogP contribution in [0.5, 0.6) is 0 Å². The highest BCUT2D eigenvalue weighted by Gasteiger charge is 2.48. The standard InChI is InChI=1S/C14H27N3O/c1-2-12-6-4-3-5-9-17(12)10-14(16,13(15)18)11-7-8-11/h11-12H,2-10,16H2,1H3,(H2,15,18). The number of primary amides is 1. The zero-order chi connectivity index (χ0) is 13.2. The Bertz CT molecular complexity index is 303. The summed E-state index contributed by atoms with van der Waals surface area (Å²) in [6.07, 6.45) is 8.30. The van der Waals surface area contributed by atoms with Crippen molar-refractivity contribution < 1.29 is 4.79 Å². The van der Waals surface area contributed by atoms with Gasteiger partial charge in [0, 0.05) is 12.6 Å². The zero-order valence-corrected chi connectivity index (χ0v) is 11.5. The molecule has 0 aromatic carbocycles. The summed E-state index contributed by atoms with van der Waals surface area (Å²) >= 11 is 0. The quantitative estimate of drug-likeness (QED) is 0.774. The minimum Gasteiger partial charge on any atom is -0.368 e. The smallest absolute Gasteiger partial charge is 0.239 e. The van der Waals surface area contributed by atoms with Crippen molar-refractivity contribution >= 4 is 5.91 Å². The maximum atomic E-state index is 11.7. The van der Waals surface area contributed by atoms with Crippen LogP contribution in [0.4, 0.5) is 0 Å². The molecular weight excluding hydrogens is 226 g/mol. The summed E-state index contributed by atoms with van der Waals surface area (Å²) < 4.78 is 0. The Labute approximate surface area is 110 Å². The first-order chi connectivity index (χ1) is 8.58. The normalized spacial score (nSPS) is 29.6.